The van der Waals surface area contributed by atoms with Crippen LogP contribution in [-0.2, 0) is 0 Å². The Balaban J connectivity index is 3.20. The van der Waals surface area contributed by atoms with Crippen LogP contribution in [0.15, 0.2) is 30.4 Å². The average Bonchev–Trinajstić information content (AvgIpc) is 2.16. The van der Waals surface area contributed by atoms with Gasteiger partial charge in [0.25, 0.3) is 0 Å². The molecule has 1 unspecified atom stereocenters. The van der Waals surface area contributed by atoms with Crippen molar-refractivity contribution in [1.82, 2.24) is 0 Å². The van der Waals surface area contributed by atoms with Gasteiger partial charge in [0, 0.05) is 0 Å². The molecule has 1 aromatic rings. The number of nitrogens with zero attached hydrogens (tertiary/aromatic N) is 1. The summed E-state index contributed by atoms with van der Waals surface area (Å²) in [5.41, 5.74) is -0.840. The molecule has 1 rings (SSSR count). The Morgan fingerprint density at radius 1 is 1.43 bits per heavy atom. The number of hydrogen-bond acceptors (Lipinski definition) is 2. The molecule has 0 aliphatic rings. The van der Waals surface area contributed by atoms with Gasteiger partial charge in [-0.2, -0.15) is 5.26 Å². The minimum Gasteiger partial charge on any atom is -0.383 e. The van der Waals surface area contributed by atoms with Crippen molar-refractivity contribution in [1.29, 1.82) is 5.26 Å². The van der Waals surface area contributed by atoms with Crippen LogP contribution in [0.5, 0.6) is 0 Å². The fraction of sp³-hybridized carbons (Fsp3) is 0.100. The first kappa shape index (κ1) is 10.4. The maximum Gasteiger partial charge on any atom is 0.132 e. The molecule has 2 nitrogen and oxygen atoms in total. The zero-order chi connectivity index (χ0) is 10.7. The largest absolute Gasteiger partial charge is 0.383 e. The predicted molar refractivity (Wildman–Crippen MR) is 46.1 cm³/mol. The van der Waals surface area contributed by atoms with Crippen LogP contribution >= 0.6 is 0 Å². The monoisotopic (exact) mass is 195 g/mol. The molecule has 0 aliphatic heterocycles. The van der Waals surface area contributed by atoms with Gasteiger partial charge in [-0.3, -0.25) is 0 Å². The second-order valence-corrected chi connectivity index (χ2v) is 2.67. The molecular weight excluding hydrogens is 188 g/mol. The van der Waals surface area contributed by atoms with E-state index in [4.69, 9.17) is 5.26 Å². The van der Waals surface area contributed by atoms with Crippen LogP contribution in [0.25, 0.3) is 0 Å². The number of rotatable bonds is 2. The molecule has 0 saturated heterocycles. The molecule has 14 heavy (non-hydrogen) atoms. The first-order valence-corrected chi connectivity index (χ1v) is 3.78. The molecular formula is C10H7F2NO. The van der Waals surface area contributed by atoms with E-state index in [1.54, 1.807) is 0 Å². The quantitative estimate of drug-likeness (QED) is 0.734. The number of hydrogen-bond donors (Lipinski definition) is 1. The zero-order valence-corrected chi connectivity index (χ0v) is 7.17. The minimum absolute atomic E-state index is 0.297. The molecule has 1 atom stereocenters. The molecule has 0 aliphatic carbocycles. The van der Waals surface area contributed by atoms with Crippen LogP contribution in [0.2, 0.25) is 0 Å². The minimum atomic E-state index is -1.62. The number of aliphatic hydroxyl groups excluding tert-OH is 1. The van der Waals surface area contributed by atoms with E-state index in [-0.39, 0.29) is 5.57 Å². The van der Waals surface area contributed by atoms with Crippen molar-refractivity contribution in [3.8, 4) is 6.07 Å². The van der Waals surface area contributed by atoms with Crippen molar-refractivity contribution in [3.63, 3.8) is 0 Å². The van der Waals surface area contributed by atoms with Crippen LogP contribution < -0.4 is 0 Å². The highest BCUT2D eigenvalue weighted by atomic mass is 19.1. The lowest BCUT2D eigenvalue weighted by Gasteiger charge is -2.10. The Morgan fingerprint density at radius 2 is 1.93 bits per heavy atom. The maximum atomic E-state index is 13.0. The summed E-state index contributed by atoms with van der Waals surface area (Å²) in [5.74, 6) is -1.79. The van der Waals surface area contributed by atoms with Crippen LogP contribution in [0.4, 0.5) is 8.78 Å². The van der Waals surface area contributed by atoms with Crippen LogP contribution in [0.3, 0.4) is 0 Å². The number of nitriles is 1. The van der Waals surface area contributed by atoms with E-state index in [0.29, 0.717) is 0 Å². The van der Waals surface area contributed by atoms with E-state index in [2.05, 4.69) is 6.58 Å². The van der Waals surface area contributed by atoms with Gasteiger partial charge in [-0.1, -0.05) is 12.6 Å². The van der Waals surface area contributed by atoms with E-state index in [0.717, 1.165) is 12.1 Å². The van der Waals surface area contributed by atoms with Crippen molar-refractivity contribution < 1.29 is 13.9 Å². The predicted octanol–water partition coefficient (Wildman–Crippen LogP) is 2.08. The highest BCUT2D eigenvalue weighted by Gasteiger charge is 2.19. The zero-order valence-electron chi connectivity index (χ0n) is 7.17. The molecule has 0 heterocycles. The molecule has 1 N–H and O–H groups in total. The summed E-state index contributed by atoms with van der Waals surface area (Å²) in [6.45, 7) is 3.19. The average molecular weight is 195 g/mol. The van der Waals surface area contributed by atoms with E-state index in [1.807, 2.05) is 0 Å². The lowest BCUT2D eigenvalue weighted by molar-refractivity contribution is 0.210. The molecule has 72 valence electrons. The Labute approximate surface area is 79.7 Å². The molecule has 0 aromatic heterocycles. The highest BCUT2D eigenvalue weighted by Crippen LogP contribution is 2.24. The smallest absolute Gasteiger partial charge is 0.132 e. The van der Waals surface area contributed by atoms with E-state index in [1.165, 1.54) is 12.1 Å². The number of aliphatic hydroxyl groups is 1. The van der Waals surface area contributed by atoms with Gasteiger partial charge < -0.3 is 5.11 Å². The summed E-state index contributed by atoms with van der Waals surface area (Å²) in [6.07, 6.45) is -1.62. The SMILES string of the molecule is C=C(C#N)C(O)c1c(F)cccc1F. The third-order valence-electron chi connectivity index (χ3n) is 1.75. The summed E-state index contributed by atoms with van der Waals surface area (Å²) in [7, 11) is 0. The van der Waals surface area contributed by atoms with E-state index >= 15 is 0 Å². The van der Waals surface area contributed by atoms with Gasteiger partial charge >= 0.3 is 0 Å². The normalized spacial score (nSPS) is 11.9. The van der Waals surface area contributed by atoms with Crippen LogP contribution in [0, 0.1) is 23.0 Å². The summed E-state index contributed by atoms with van der Waals surface area (Å²) in [5, 5.41) is 17.7. The van der Waals surface area contributed by atoms with E-state index in [9.17, 15) is 13.9 Å². The lowest BCUT2D eigenvalue weighted by atomic mass is 10.0. The summed E-state index contributed by atoms with van der Waals surface area (Å²) >= 11 is 0. The highest BCUT2D eigenvalue weighted by molar-refractivity contribution is 5.33. The third kappa shape index (κ3) is 1.78. The number of halogens is 2. The summed E-state index contributed by atoms with van der Waals surface area (Å²) in [6, 6.07) is 4.73. The van der Waals surface area contributed by atoms with Crippen molar-refractivity contribution in [2.45, 2.75) is 6.10 Å². The Bertz CT molecular complexity index is 389. The summed E-state index contributed by atoms with van der Waals surface area (Å²) in [4.78, 5) is 0. The molecule has 4 heteroatoms. The molecule has 1 aromatic carbocycles. The van der Waals surface area contributed by atoms with Gasteiger partial charge in [0.05, 0.1) is 17.2 Å². The Kier molecular flexibility index (Phi) is 2.95. The van der Waals surface area contributed by atoms with Gasteiger partial charge in [0.2, 0.25) is 0 Å². The second-order valence-electron chi connectivity index (χ2n) is 2.67. The second kappa shape index (κ2) is 3.99. The number of benzene rings is 1. The fourth-order valence-electron chi connectivity index (χ4n) is 1.01. The molecule has 0 spiro atoms. The van der Waals surface area contributed by atoms with E-state index < -0.39 is 23.3 Å². The van der Waals surface area contributed by atoms with Gasteiger partial charge in [0.1, 0.15) is 17.7 Å². The summed E-state index contributed by atoms with van der Waals surface area (Å²) < 4.78 is 26.1. The van der Waals surface area contributed by atoms with Gasteiger partial charge in [-0.05, 0) is 12.1 Å². The van der Waals surface area contributed by atoms with Gasteiger partial charge in [-0.15, -0.1) is 0 Å². The Hall–Kier alpha value is -1.73. The van der Waals surface area contributed by atoms with Crippen LogP contribution in [0.1, 0.15) is 11.7 Å². The van der Waals surface area contributed by atoms with Crippen LogP contribution in [-0.4, -0.2) is 5.11 Å². The standard InChI is InChI=1S/C10H7F2NO/c1-6(5-13)10(14)9-7(11)3-2-4-8(9)12/h2-4,10,14H,1H2. The molecule has 0 amide bonds. The third-order valence-corrected chi connectivity index (χ3v) is 1.75. The molecule has 0 radical (unpaired) electrons. The Morgan fingerprint density at radius 3 is 2.36 bits per heavy atom. The fourth-order valence-corrected chi connectivity index (χ4v) is 1.01. The topological polar surface area (TPSA) is 44.0 Å². The van der Waals surface area contributed by atoms with Gasteiger partial charge in [-0.25, -0.2) is 8.78 Å². The maximum absolute atomic E-state index is 13.0. The van der Waals surface area contributed by atoms with Crippen molar-refractivity contribution in [2.75, 3.05) is 0 Å². The first-order chi connectivity index (χ1) is 6.57. The lowest BCUT2D eigenvalue weighted by Crippen LogP contribution is -2.05. The molecule has 0 bridgehead atoms. The van der Waals surface area contributed by atoms with Crippen molar-refractivity contribution in [3.05, 3.63) is 47.5 Å². The van der Waals surface area contributed by atoms with Gasteiger partial charge in [0.15, 0.2) is 0 Å². The molecule has 0 saturated carbocycles. The van der Waals surface area contributed by atoms with Crippen molar-refractivity contribution in [2.24, 2.45) is 0 Å². The molecule has 0 fully saturated rings. The first-order valence-electron chi connectivity index (χ1n) is 3.78. The van der Waals surface area contributed by atoms with Crippen molar-refractivity contribution >= 4 is 0 Å².